The number of nitrogens with one attached hydrogen (secondary N) is 1. The summed E-state index contributed by atoms with van der Waals surface area (Å²) in [5, 5.41) is 2.64. The van der Waals surface area contributed by atoms with Gasteiger partial charge in [-0.3, -0.25) is 9.69 Å². The molecule has 1 N–H and O–H groups in total. The molecular weight excluding hydrogens is 357 g/mol. The Hall–Kier alpha value is -2.44. The largest absolute Gasteiger partial charge is 0.494 e. The van der Waals surface area contributed by atoms with E-state index in [9.17, 15) is 9.18 Å². The highest BCUT2D eigenvalue weighted by Crippen LogP contribution is 2.15. The molecule has 5 nitrogen and oxygen atoms in total. The first-order valence-electron chi connectivity index (χ1n) is 9.85. The number of amides is 1. The van der Waals surface area contributed by atoms with Gasteiger partial charge in [-0.15, -0.1) is 0 Å². The third-order valence-corrected chi connectivity index (χ3v) is 4.91. The molecule has 1 fully saturated rings. The van der Waals surface area contributed by atoms with Crippen LogP contribution in [0.3, 0.4) is 0 Å². The second-order valence-electron chi connectivity index (χ2n) is 6.97. The molecule has 3 rings (SSSR count). The van der Waals surface area contributed by atoms with Gasteiger partial charge in [0.25, 0.3) is 0 Å². The first-order chi connectivity index (χ1) is 13.6. The van der Waals surface area contributed by atoms with Crippen LogP contribution in [0.2, 0.25) is 0 Å². The number of carbonyl (C=O) groups excluding carboxylic acids is 1. The summed E-state index contributed by atoms with van der Waals surface area (Å²) in [4.78, 5) is 16.8. The molecule has 6 heteroatoms. The van der Waals surface area contributed by atoms with Crippen LogP contribution in [0.1, 0.15) is 18.9 Å². The van der Waals surface area contributed by atoms with Gasteiger partial charge in [0.05, 0.1) is 12.3 Å². The number of carbonyl (C=O) groups is 1. The lowest BCUT2D eigenvalue weighted by atomic mass is 10.2. The van der Waals surface area contributed by atoms with Crippen LogP contribution in [0.15, 0.2) is 48.5 Å². The Balaban J connectivity index is 1.37. The van der Waals surface area contributed by atoms with E-state index in [1.54, 1.807) is 18.2 Å². The fraction of sp³-hybridized carbons (Fsp3) is 0.409. The number of benzene rings is 2. The normalized spacial score (nSPS) is 15.4. The van der Waals surface area contributed by atoms with Crippen molar-refractivity contribution in [3.8, 4) is 5.75 Å². The minimum absolute atomic E-state index is 0.151. The fourth-order valence-corrected chi connectivity index (χ4v) is 3.32. The predicted octanol–water partition coefficient (Wildman–Crippen LogP) is 3.37. The lowest BCUT2D eigenvalue weighted by Crippen LogP contribution is -2.46. The number of rotatable bonds is 8. The van der Waals surface area contributed by atoms with Crippen LogP contribution in [-0.4, -0.2) is 55.0 Å². The van der Waals surface area contributed by atoms with Crippen LogP contribution in [0.25, 0.3) is 0 Å². The molecule has 1 heterocycles. The first kappa shape index (κ1) is 20.3. The SMILES string of the molecule is CCOc1ccc(CN2CCN(CCC(=O)Nc3ccccc3F)CC2)cc1. The van der Waals surface area contributed by atoms with Crippen LogP contribution in [-0.2, 0) is 11.3 Å². The molecule has 0 unspecified atom stereocenters. The van der Waals surface area contributed by atoms with Gasteiger partial charge >= 0.3 is 0 Å². The van der Waals surface area contributed by atoms with Gasteiger partial charge in [0.1, 0.15) is 11.6 Å². The lowest BCUT2D eigenvalue weighted by molar-refractivity contribution is -0.116. The van der Waals surface area contributed by atoms with Gasteiger partial charge in [0.15, 0.2) is 0 Å². The molecule has 1 aliphatic heterocycles. The smallest absolute Gasteiger partial charge is 0.225 e. The molecular formula is C22H28FN3O2. The molecule has 0 aromatic heterocycles. The first-order valence-corrected chi connectivity index (χ1v) is 9.85. The number of ether oxygens (including phenoxy) is 1. The molecule has 0 spiro atoms. The van der Waals surface area contributed by atoms with Gasteiger partial charge in [0.2, 0.25) is 5.91 Å². The summed E-state index contributed by atoms with van der Waals surface area (Å²) in [6.45, 7) is 8.10. The molecule has 1 amide bonds. The van der Waals surface area contributed by atoms with Crippen LogP contribution in [0, 0.1) is 5.82 Å². The summed E-state index contributed by atoms with van der Waals surface area (Å²) in [7, 11) is 0. The van der Waals surface area contributed by atoms with E-state index < -0.39 is 5.82 Å². The minimum atomic E-state index is -0.404. The molecule has 0 aliphatic carbocycles. The van der Waals surface area contributed by atoms with Crippen molar-refractivity contribution < 1.29 is 13.9 Å². The zero-order valence-electron chi connectivity index (χ0n) is 16.4. The van der Waals surface area contributed by atoms with E-state index in [0.29, 0.717) is 19.6 Å². The molecule has 0 radical (unpaired) electrons. The van der Waals surface area contributed by atoms with E-state index in [1.165, 1.54) is 11.6 Å². The average Bonchev–Trinajstić information content (AvgIpc) is 2.71. The van der Waals surface area contributed by atoms with E-state index >= 15 is 0 Å². The molecule has 150 valence electrons. The zero-order valence-corrected chi connectivity index (χ0v) is 16.4. The Morgan fingerprint density at radius 3 is 2.39 bits per heavy atom. The van der Waals surface area contributed by atoms with E-state index in [4.69, 9.17) is 4.74 Å². The van der Waals surface area contributed by atoms with Crippen molar-refractivity contribution in [3.05, 3.63) is 59.9 Å². The fourth-order valence-electron chi connectivity index (χ4n) is 3.32. The molecule has 2 aromatic rings. The maximum absolute atomic E-state index is 13.6. The third kappa shape index (κ3) is 6.04. The number of piperazine rings is 1. The molecule has 1 saturated heterocycles. The van der Waals surface area contributed by atoms with Crippen LogP contribution < -0.4 is 10.1 Å². The Kier molecular flexibility index (Phi) is 7.39. The van der Waals surface area contributed by atoms with E-state index in [-0.39, 0.29) is 11.6 Å². The molecule has 0 atom stereocenters. The van der Waals surface area contributed by atoms with Crippen molar-refractivity contribution in [2.24, 2.45) is 0 Å². The minimum Gasteiger partial charge on any atom is -0.494 e. The molecule has 28 heavy (non-hydrogen) atoms. The molecule has 2 aromatic carbocycles. The summed E-state index contributed by atoms with van der Waals surface area (Å²) in [6, 6.07) is 14.5. The maximum atomic E-state index is 13.6. The standard InChI is InChI=1S/C22H28FN3O2/c1-2-28-19-9-7-18(8-10-19)17-26-15-13-25(14-16-26)12-11-22(27)24-21-6-4-3-5-20(21)23/h3-10H,2,11-17H2,1H3,(H,24,27). The molecule has 0 bridgehead atoms. The Morgan fingerprint density at radius 1 is 1.04 bits per heavy atom. The number of nitrogens with zero attached hydrogens (tertiary/aromatic N) is 2. The third-order valence-electron chi connectivity index (χ3n) is 4.91. The van der Waals surface area contributed by atoms with E-state index in [1.807, 2.05) is 19.1 Å². The summed E-state index contributed by atoms with van der Waals surface area (Å²) in [5.74, 6) is 0.352. The second kappa shape index (κ2) is 10.2. The average molecular weight is 385 g/mol. The van der Waals surface area contributed by atoms with E-state index in [0.717, 1.165) is 38.5 Å². The number of para-hydroxylation sites is 1. The van der Waals surface area contributed by atoms with Gasteiger partial charge in [-0.05, 0) is 36.8 Å². The molecule has 0 saturated carbocycles. The van der Waals surface area contributed by atoms with Crippen LogP contribution >= 0.6 is 0 Å². The highest BCUT2D eigenvalue weighted by Gasteiger charge is 2.18. The predicted molar refractivity (Wildman–Crippen MR) is 109 cm³/mol. The maximum Gasteiger partial charge on any atom is 0.225 e. The topological polar surface area (TPSA) is 44.8 Å². The summed E-state index contributed by atoms with van der Waals surface area (Å²) in [5.41, 5.74) is 1.52. The van der Waals surface area contributed by atoms with Crippen LogP contribution in [0.4, 0.5) is 10.1 Å². The van der Waals surface area contributed by atoms with Gasteiger partial charge in [-0.1, -0.05) is 24.3 Å². The Labute approximate surface area is 166 Å². The second-order valence-corrected chi connectivity index (χ2v) is 6.97. The molecule has 1 aliphatic rings. The van der Waals surface area contributed by atoms with Crippen molar-refractivity contribution in [3.63, 3.8) is 0 Å². The summed E-state index contributed by atoms with van der Waals surface area (Å²) >= 11 is 0. The Morgan fingerprint density at radius 2 is 1.71 bits per heavy atom. The van der Waals surface area contributed by atoms with Gasteiger partial charge in [0, 0.05) is 45.7 Å². The Bertz CT molecular complexity index is 759. The number of anilines is 1. The van der Waals surface area contributed by atoms with E-state index in [2.05, 4.69) is 27.2 Å². The lowest BCUT2D eigenvalue weighted by Gasteiger charge is -2.34. The van der Waals surface area contributed by atoms with Crippen molar-refractivity contribution in [2.75, 3.05) is 44.6 Å². The van der Waals surface area contributed by atoms with Crippen molar-refractivity contribution in [2.45, 2.75) is 19.9 Å². The van der Waals surface area contributed by atoms with Gasteiger partial charge in [-0.25, -0.2) is 4.39 Å². The number of hydrogen-bond acceptors (Lipinski definition) is 4. The monoisotopic (exact) mass is 385 g/mol. The number of halogens is 1. The van der Waals surface area contributed by atoms with Crippen molar-refractivity contribution in [1.82, 2.24) is 9.80 Å². The zero-order chi connectivity index (χ0) is 19.8. The highest BCUT2D eigenvalue weighted by molar-refractivity contribution is 5.90. The quantitative estimate of drug-likeness (QED) is 0.757. The highest BCUT2D eigenvalue weighted by atomic mass is 19.1. The van der Waals surface area contributed by atoms with Crippen molar-refractivity contribution >= 4 is 11.6 Å². The van der Waals surface area contributed by atoms with Crippen LogP contribution in [0.5, 0.6) is 5.75 Å². The van der Waals surface area contributed by atoms with Gasteiger partial charge in [-0.2, -0.15) is 0 Å². The number of hydrogen-bond donors (Lipinski definition) is 1. The summed E-state index contributed by atoms with van der Waals surface area (Å²) < 4.78 is 19.1. The van der Waals surface area contributed by atoms with Gasteiger partial charge < -0.3 is 15.0 Å². The summed E-state index contributed by atoms with van der Waals surface area (Å²) in [6.07, 6.45) is 0.368. The van der Waals surface area contributed by atoms with Crippen molar-refractivity contribution in [1.29, 1.82) is 0 Å².